The predicted octanol–water partition coefficient (Wildman–Crippen LogP) is 1.40. The van der Waals surface area contributed by atoms with Crippen molar-refractivity contribution in [3.05, 3.63) is 35.9 Å². The molecule has 5 heteroatoms. The number of nitrogens with zero attached hydrogens (tertiary/aromatic N) is 3. The number of carbonyl (C=O) groups is 1. The molecule has 25 heavy (non-hydrogen) atoms. The highest BCUT2D eigenvalue weighted by Crippen LogP contribution is 2.23. The minimum absolute atomic E-state index is 0.131. The molecule has 0 saturated carbocycles. The van der Waals surface area contributed by atoms with Crippen LogP contribution in [0.4, 0.5) is 0 Å². The first kappa shape index (κ1) is 18.4. The summed E-state index contributed by atoms with van der Waals surface area (Å²) >= 11 is 0. The van der Waals surface area contributed by atoms with E-state index >= 15 is 0 Å². The fourth-order valence-corrected chi connectivity index (χ4v) is 3.90. The molecule has 0 aliphatic carbocycles. The van der Waals surface area contributed by atoms with Gasteiger partial charge in [0.1, 0.15) is 0 Å². The number of benzene rings is 1. The van der Waals surface area contributed by atoms with E-state index in [-0.39, 0.29) is 5.54 Å². The van der Waals surface area contributed by atoms with Gasteiger partial charge >= 0.3 is 0 Å². The van der Waals surface area contributed by atoms with Crippen molar-refractivity contribution < 1.29 is 4.79 Å². The van der Waals surface area contributed by atoms with Crippen LogP contribution in [0.1, 0.15) is 25.8 Å². The molecule has 2 aliphatic rings. The predicted molar refractivity (Wildman–Crippen MR) is 101 cm³/mol. The molecule has 1 aromatic carbocycles. The third kappa shape index (κ3) is 5.03. The van der Waals surface area contributed by atoms with Crippen molar-refractivity contribution >= 4 is 5.91 Å². The van der Waals surface area contributed by atoms with Crippen molar-refractivity contribution in [1.82, 2.24) is 20.0 Å². The van der Waals surface area contributed by atoms with Crippen LogP contribution in [0, 0.1) is 0 Å². The molecule has 1 aromatic rings. The molecule has 0 spiro atoms. The summed E-state index contributed by atoms with van der Waals surface area (Å²) in [5.74, 6) is 0.311. The maximum Gasteiger partial charge on any atom is 0.223 e. The molecule has 0 aromatic heterocycles. The molecule has 2 aliphatic heterocycles. The Labute approximate surface area is 152 Å². The lowest BCUT2D eigenvalue weighted by Gasteiger charge is -2.47. The average Bonchev–Trinajstić information content (AvgIpc) is 2.63. The van der Waals surface area contributed by atoms with Crippen LogP contribution < -0.4 is 5.32 Å². The SMILES string of the molecule is CC1(C)CN(CCC(=O)N2CCNCC2)CCN1Cc1ccccc1. The molecule has 5 nitrogen and oxygen atoms in total. The van der Waals surface area contributed by atoms with Gasteiger partial charge in [-0.05, 0) is 19.4 Å². The van der Waals surface area contributed by atoms with Crippen molar-refractivity contribution in [2.24, 2.45) is 0 Å². The molecule has 1 N–H and O–H groups in total. The van der Waals surface area contributed by atoms with Crippen LogP contribution in [0.2, 0.25) is 0 Å². The van der Waals surface area contributed by atoms with E-state index in [1.807, 2.05) is 4.90 Å². The number of hydrogen-bond donors (Lipinski definition) is 1. The molecule has 0 radical (unpaired) electrons. The minimum Gasteiger partial charge on any atom is -0.340 e. The van der Waals surface area contributed by atoms with E-state index in [0.717, 1.165) is 58.9 Å². The number of nitrogens with one attached hydrogen (secondary N) is 1. The van der Waals surface area contributed by atoms with Crippen molar-refractivity contribution in [2.75, 3.05) is 52.4 Å². The Kier molecular flexibility index (Phi) is 6.10. The molecule has 0 atom stereocenters. The Balaban J connectivity index is 1.47. The number of rotatable bonds is 5. The van der Waals surface area contributed by atoms with Crippen LogP contribution in [0.3, 0.4) is 0 Å². The van der Waals surface area contributed by atoms with Crippen LogP contribution in [0.15, 0.2) is 30.3 Å². The zero-order valence-corrected chi connectivity index (χ0v) is 15.7. The van der Waals surface area contributed by atoms with Crippen LogP contribution in [-0.4, -0.2) is 78.5 Å². The van der Waals surface area contributed by atoms with Gasteiger partial charge in [0, 0.05) is 70.9 Å². The summed E-state index contributed by atoms with van der Waals surface area (Å²) in [7, 11) is 0. The first-order valence-corrected chi connectivity index (χ1v) is 9.54. The van der Waals surface area contributed by atoms with Crippen molar-refractivity contribution in [1.29, 1.82) is 0 Å². The zero-order chi connectivity index (χ0) is 17.7. The molecule has 138 valence electrons. The molecule has 0 bridgehead atoms. The molecular weight excluding hydrogens is 312 g/mol. The Bertz CT molecular complexity index is 554. The van der Waals surface area contributed by atoms with Crippen LogP contribution in [-0.2, 0) is 11.3 Å². The van der Waals surface area contributed by atoms with E-state index in [2.05, 4.69) is 59.3 Å². The summed E-state index contributed by atoms with van der Waals surface area (Å²) in [5.41, 5.74) is 1.50. The minimum atomic E-state index is 0.131. The second kappa shape index (κ2) is 8.30. The van der Waals surface area contributed by atoms with Gasteiger partial charge < -0.3 is 10.2 Å². The summed E-state index contributed by atoms with van der Waals surface area (Å²) in [6, 6.07) is 10.7. The van der Waals surface area contributed by atoms with E-state index in [1.165, 1.54) is 5.56 Å². The van der Waals surface area contributed by atoms with Crippen molar-refractivity contribution in [2.45, 2.75) is 32.4 Å². The van der Waals surface area contributed by atoms with Gasteiger partial charge in [-0.3, -0.25) is 14.6 Å². The van der Waals surface area contributed by atoms with E-state index in [9.17, 15) is 4.79 Å². The number of amides is 1. The summed E-state index contributed by atoms with van der Waals surface area (Å²) in [6.07, 6.45) is 0.648. The maximum absolute atomic E-state index is 12.4. The Morgan fingerprint density at radius 2 is 1.80 bits per heavy atom. The highest BCUT2D eigenvalue weighted by atomic mass is 16.2. The fourth-order valence-electron chi connectivity index (χ4n) is 3.90. The van der Waals surface area contributed by atoms with Gasteiger partial charge in [-0.15, -0.1) is 0 Å². The number of carbonyl (C=O) groups excluding carboxylic acids is 1. The zero-order valence-electron chi connectivity index (χ0n) is 15.7. The molecule has 2 fully saturated rings. The Morgan fingerprint density at radius 1 is 1.08 bits per heavy atom. The summed E-state index contributed by atoms with van der Waals surface area (Å²) in [5, 5.41) is 3.30. The van der Waals surface area contributed by atoms with Gasteiger partial charge in [-0.2, -0.15) is 0 Å². The maximum atomic E-state index is 12.4. The molecule has 2 heterocycles. The lowest BCUT2D eigenvalue weighted by molar-refractivity contribution is -0.132. The van der Waals surface area contributed by atoms with Crippen molar-refractivity contribution in [3.63, 3.8) is 0 Å². The smallest absolute Gasteiger partial charge is 0.223 e. The summed E-state index contributed by atoms with van der Waals surface area (Å²) in [4.78, 5) is 19.4. The third-order valence-corrected chi connectivity index (χ3v) is 5.48. The number of hydrogen-bond acceptors (Lipinski definition) is 4. The first-order chi connectivity index (χ1) is 12.0. The fraction of sp³-hybridized carbons (Fsp3) is 0.650. The normalized spacial score (nSPS) is 22.1. The van der Waals surface area contributed by atoms with Gasteiger partial charge in [0.05, 0.1) is 0 Å². The molecule has 3 rings (SSSR count). The van der Waals surface area contributed by atoms with Gasteiger partial charge in [0.2, 0.25) is 5.91 Å². The molecule has 2 saturated heterocycles. The topological polar surface area (TPSA) is 38.8 Å². The lowest BCUT2D eigenvalue weighted by Crippen LogP contribution is -2.59. The monoisotopic (exact) mass is 344 g/mol. The molecule has 1 amide bonds. The average molecular weight is 345 g/mol. The van der Waals surface area contributed by atoms with Gasteiger partial charge in [0.25, 0.3) is 0 Å². The van der Waals surface area contributed by atoms with Gasteiger partial charge in [-0.1, -0.05) is 30.3 Å². The Morgan fingerprint density at radius 3 is 2.48 bits per heavy atom. The quantitative estimate of drug-likeness (QED) is 0.876. The standard InChI is InChI=1S/C20H32N4O/c1-20(2)17-22(11-8-19(25)23-12-9-21-10-13-23)14-15-24(20)16-18-6-4-3-5-7-18/h3-7,21H,8-17H2,1-2H3. The summed E-state index contributed by atoms with van der Waals surface area (Å²) in [6.45, 7) is 13.2. The van der Waals surface area contributed by atoms with E-state index in [0.29, 0.717) is 12.3 Å². The van der Waals surface area contributed by atoms with Crippen molar-refractivity contribution in [3.8, 4) is 0 Å². The number of piperazine rings is 2. The third-order valence-electron chi connectivity index (χ3n) is 5.48. The Hall–Kier alpha value is -1.43. The van der Waals surface area contributed by atoms with Gasteiger partial charge in [-0.25, -0.2) is 0 Å². The van der Waals surface area contributed by atoms with E-state index < -0.39 is 0 Å². The van der Waals surface area contributed by atoms with Crippen LogP contribution in [0.25, 0.3) is 0 Å². The second-order valence-corrected chi connectivity index (χ2v) is 7.88. The van der Waals surface area contributed by atoms with Crippen LogP contribution >= 0.6 is 0 Å². The van der Waals surface area contributed by atoms with Gasteiger partial charge in [0.15, 0.2) is 0 Å². The lowest BCUT2D eigenvalue weighted by atomic mass is 9.97. The van der Waals surface area contributed by atoms with Crippen LogP contribution in [0.5, 0.6) is 0 Å². The summed E-state index contributed by atoms with van der Waals surface area (Å²) < 4.78 is 0. The molecule has 0 unspecified atom stereocenters. The highest BCUT2D eigenvalue weighted by molar-refractivity contribution is 5.76. The first-order valence-electron chi connectivity index (χ1n) is 9.54. The second-order valence-electron chi connectivity index (χ2n) is 7.88. The highest BCUT2D eigenvalue weighted by Gasteiger charge is 2.33. The van der Waals surface area contributed by atoms with E-state index in [4.69, 9.17) is 0 Å². The van der Waals surface area contributed by atoms with E-state index in [1.54, 1.807) is 0 Å². The molecular formula is C20H32N4O. The largest absolute Gasteiger partial charge is 0.340 e.